The molecular formula is C31H33N9O4. The summed E-state index contributed by atoms with van der Waals surface area (Å²) in [5.41, 5.74) is 11.1. The minimum absolute atomic E-state index is 0.00395. The lowest BCUT2D eigenvalue weighted by Gasteiger charge is -2.27. The van der Waals surface area contributed by atoms with Crippen molar-refractivity contribution >= 4 is 51.0 Å². The van der Waals surface area contributed by atoms with E-state index in [1.807, 2.05) is 36.4 Å². The number of pyridine rings is 4. The van der Waals surface area contributed by atoms with Crippen molar-refractivity contribution in [3.05, 3.63) is 72.6 Å². The van der Waals surface area contributed by atoms with Crippen LogP contribution in [0.25, 0.3) is 22.1 Å². The molecule has 6 rings (SSSR count). The van der Waals surface area contributed by atoms with Crippen molar-refractivity contribution in [2.45, 2.75) is 6.54 Å². The molecule has 1 aliphatic heterocycles. The molecule has 0 unspecified atom stereocenters. The summed E-state index contributed by atoms with van der Waals surface area (Å²) < 4.78 is 11.2. The van der Waals surface area contributed by atoms with E-state index in [9.17, 15) is 9.90 Å². The minimum Gasteiger partial charge on any atom is -0.504 e. The number of benzene rings is 1. The maximum Gasteiger partial charge on any atom is 0.242 e. The molecule has 13 heteroatoms. The number of morpholine rings is 1. The Morgan fingerprint density at radius 3 is 2.43 bits per heavy atom. The Morgan fingerprint density at radius 2 is 1.66 bits per heavy atom. The molecule has 5 aromatic rings. The first-order valence-electron chi connectivity index (χ1n) is 14.3. The molecule has 1 amide bonds. The number of phenolic OH excluding ortho intramolecular Hbond substituents is 1. The van der Waals surface area contributed by atoms with Gasteiger partial charge in [-0.2, -0.15) is 0 Å². The maximum atomic E-state index is 12.7. The third-order valence-corrected chi connectivity index (χ3v) is 7.11. The van der Waals surface area contributed by atoms with Gasteiger partial charge in [0.15, 0.2) is 11.5 Å². The van der Waals surface area contributed by atoms with E-state index in [1.54, 1.807) is 35.5 Å². The van der Waals surface area contributed by atoms with Gasteiger partial charge >= 0.3 is 0 Å². The number of aromatic hydroxyl groups is 1. The first-order chi connectivity index (χ1) is 21.5. The zero-order valence-electron chi connectivity index (χ0n) is 24.0. The highest BCUT2D eigenvalue weighted by molar-refractivity contribution is 5.92. The quantitative estimate of drug-likeness (QED) is 0.141. The lowest BCUT2D eigenvalue weighted by molar-refractivity contribution is -0.133. The van der Waals surface area contributed by atoms with Crippen molar-refractivity contribution in [2.24, 2.45) is 0 Å². The highest BCUT2D eigenvalue weighted by atomic mass is 16.5. The third kappa shape index (κ3) is 6.79. The Morgan fingerprint density at radius 1 is 0.932 bits per heavy atom. The summed E-state index contributed by atoms with van der Waals surface area (Å²) >= 11 is 0. The monoisotopic (exact) mass is 595 g/mol. The number of hydrogen-bond donors (Lipinski definition) is 5. The molecule has 0 aliphatic carbocycles. The van der Waals surface area contributed by atoms with Crippen LogP contribution in [0.3, 0.4) is 0 Å². The summed E-state index contributed by atoms with van der Waals surface area (Å²) in [4.78, 5) is 32.3. The number of carbonyl (C=O) groups is 1. The Labute approximate surface area is 253 Å². The Balaban J connectivity index is 1.06. The van der Waals surface area contributed by atoms with Gasteiger partial charge in [0.25, 0.3) is 0 Å². The normalized spacial score (nSPS) is 13.1. The van der Waals surface area contributed by atoms with Gasteiger partial charge in [-0.05, 0) is 42.0 Å². The van der Waals surface area contributed by atoms with Gasteiger partial charge in [0, 0.05) is 44.2 Å². The number of amides is 1. The summed E-state index contributed by atoms with van der Waals surface area (Å²) in [6.45, 7) is 3.57. The third-order valence-electron chi connectivity index (χ3n) is 7.11. The SMILES string of the molecule is Nc1cc(NCc2ccc(O)c(OCCNc3cc(NCC(=O)N4CCOCC4)c4ncccc4n3)c2)c2ncccc2n1. The fraction of sp³-hybridized carbons (Fsp3) is 0.258. The smallest absolute Gasteiger partial charge is 0.242 e. The molecule has 5 heterocycles. The van der Waals surface area contributed by atoms with Crippen LogP contribution in [0.4, 0.5) is 23.0 Å². The van der Waals surface area contributed by atoms with Crippen LogP contribution < -0.4 is 26.4 Å². The molecule has 13 nitrogen and oxygen atoms in total. The number of nitrogens with two attached hydrogens (primary N) is 1. The standard InChI is InChI=1S/C31H33N9O4/c32-27-16-23(30-21(38-27)3-1-7-34-30)36-18-20-5-6-25(41)26(15-20)44-12-9-33-28-17-24(31-22(39-28)4-2-8-35-31)37-19-29(42)40-10-13-43-14-11-40/h1-8,15-17,41H,9-14,18-19H2,(H3,32,36,38)(H2,33,37,39). The predicted molar refractivity (Wildman–Crippen MR) is 169 cm³/mol. The van der Waals surface area contributed by atoms with Crippen molar-refractivity contribution in [3.8, 4) is 11.5 Å². The second-order valence-electron chi connectivity index (χ2n) is 10.2. The van der Waals surface area contributed by atoms with Gasteiger partial charge in [-0.15, -0.1) is 0 Å². The number of rotatable bonds is 11. The van der Waals surface area contributed by atoms with E-state index in [1.165, 1.54) is 0 Å². The van der Waals surface area contributed by atoms with Crippen LogP contribution in [0.15, 0.2) is 67.0 Å². The molecule has 44 heavy (non-hydrogen) atoms. The van der Waals surface area contributed by atoms with Gasteiger partial charge in [-0.25, -0.2) is 9.97 Å². The minimum atomic E-state index is 0.00395. The molecule has 4 aromatic heterocycles. The van der Waals surface area contributed by atoms with Crippen molar-refractivity contribution in [1.82, 2.24) is 24.8 Å². The van der Waals surface area contributed by atoms with E-state index in [0.29, 0.717) is 79.0 Å². The first kappa shape index (κ1) is 28.7. The molecular weight excluding hydrogens is 562 g/mol. The van der Waals surface area contributed by atoms with Gasteiger partial charge < -0.3 is 41.2 Å². The average Bonchev–Trinajstić information content (AvgIpc) is 3.05. The molecule has 0 atom stereocenters. The Hall–Kier alpha value is -5.43. The van der Waals surface area contributed by atoms with E-state index in [0.717, 1.165) is 16.8 Å². The molecule has 1 aromatic carbocycles. The van der Waals surface area contributed by atoms with E-state index in [-0.39, 0.29) is 24.8 Å². The van der Waals surface area contributed by atoms with Crippen LogP contribution in [-0.2, 0) is 16.1 Å². The number of nitrogen functional groups attached to an aromatic ring is 1. The van der Waals surface area contributed by atoms with Crippen molar-refractivity contribution in [3.63, 3.8) is 0 Å². The number of aromatic nitrogens is 4. The highest BCUT2D eigenvalue weighted by Crippen LogP contribution is 2.29. The number of phenols is 1. The zero-order chi connectivity index (χ0) is 30.3. The van der Waals surface area contributed by atoms with Crippen LogP contribution in [0.2, 0.25) is 0 Å². The number of ether oxygens (including phenoxy) is 2. The Kier molecular flexibility index (Phi) is 8.64. The fourth-order valence-electron chi connectivity index (χ4n) is 4.92. The van der Waals surface area contributed by atoms with Crippen LogP contribution >= 0.6 is 0 Å². The van der Waals surface area contributed by atoms with Gasteiger partial charge in [-0.3, -0.25) is 14.8 Å². The van der Waals surface area contributed by atoms with E-state index < -0.39 is 0 Å². The molecule has 1 aliphatic rings. The average molecular weight is 596 g/mol. The molecule has 1 saturated heterocycles. The summed E-state index contributed by atoms with van der Waals surface area (Å²) in [5.74, 6) is 1.42. The second-order valence-corrected chi connectivity index (χ2v) is 10.2. The lowest BCUT2D eigenvalue weighted by atomic mass is 10.2. The molecule has 6 N–H and O–H groups in total. The number of anilines is 4. The first-order valence-corrected chi connectivity index (χ1v) is 14.3. The molecule has 0 spiro atoms. The Bertz CT molecular complexity index is 1780. The van der Waals surface area contributed by atoms with E-state index in [2.05, 4.69) is 35.9 Å². The van der Waals surface area contributed by atoms with Gasteiger partial charge in [-0.1, -0.05) is 6.07 Å². The number of carbonyl (C=O) groups excluding carboxylic acids is 1. The van der Waals surface area contributed by atoms with Crippen LogP contribution in [0.5, 0.6) is 11.5 Å². The fourth-order valence-corrected chi connectivity index (χ4v) is 4.92. The van der Waals surface area contributed by atoms with Gasteiger partial charge in [0.1, 0.15) is 29.3 Å². The zero-order valence-corrected chi connectivity index (χ0v) is 24.0. The molecule has 1 fully saturated rings. The predicted octanol–water partition coefficient (Wildman–Crippen LogP) is 3.23. The van der Waals surface area contributed by atoms with Crippen molar-refractivity contribution in [2.75, 3.05) is 67.7 Å². The number of nitrogens with one attached hydrogen (secondary N) is 3. The number of nitrogens with zero attached hydrogens (tertiary/aromatic N) is 5. The number of hydrogen-bond acceptors (Lipinski definition) is 12. The topological polar surface area (TPSA) is 173 Å². The molecule has 226 valence electrons. The largest absolute Gasteiger partial charge is 0.504 e. The van der Waals surface area contributed by atoms with Crippen molar-refractivity contribution < 1.29 is 19.4 Å². The maximum absolute atomic E-state index is 12.7. The molecule has 0 bridgehead atoms. The molecule has 0 radical (unpaired) electrons. The van der Waals surface area contributed by atoms with Crippen LogP contribution in [0.1, 0.15) is 5.56 Å². The highest BCUT2D eigenvalue weighted by Gasteiger charge is 2.17. The van der Waals surface area contributed by atoms with Crippen molar-refractivity contribution in [1.29, 1.82) is 0 Å². The number of fused-ring (bicyclic) bond motifs is 2. The van der Waals surface area contributed by atoms with Gasteiger partial charge in [0.05, 0.1) is 48.7 Å². The van der Waals surface area contributed by atoms with E-state index >= 15 is 0 Å². The molecule has 0 saturated carbocycles. The van der Waals surface area contributed by atoms with Gasteiger partial charge in [0.2, 0.25) is 5.91 Å². The van der Waals surface area contributed by atoms with E-state index in [4.69, 9.17) is 15.2 Å². The second kappa shape index (κ2) is 13.3. The summed E-state index contributed by atoms with van der Waals surface area (Å²) in [6.07, 6.45) is 3.41. The summed E-state index contributed by atoms with van der Waals surface area (Å²) in [7, 11) is 0. The lowest BCUT2D eigenvalue weighted by Crippen LogP contribution is -2.43. The van der Waals surface area contributed by atoms with Crippen LogP contribution in [-0.4, -0.2) is 81.8 Å². The van der Waals surface area contributed by atoms with Crippen LogP contribution in [0, 0.1) is 0 Å². The summed E-state index contributed by atoms with van der Waals surface area (Å²) in [5, 5.41) is 20.3. The summed E-state index contributed by atoms with van der Waals surface area (Å²) in [6, 6.07) is 16.2.